The molecule has 1 aliphatic rings. The van der Waals surface area contributed by atoms with E-state index in [0.29, 0.717) is 18.0 Å². The van der Waals surface area contributed by atoms with Crippen LogP contribution in [0.3, 0.4) is 0 Å². The third-order valence-electron chi connectivity index (χ3n) is 3.23. The highest BCUT2D eigenvalue weighted by molar-refractivity contribution is 7.10. The van der Waals surface area contributed by atoms with Crippen LogP contribution in [0.5, 0.6) is 0 Å². The lowest BCUT2D eigenvalue weighted by Crippen LogP contribution is -2.22. The molecule has 4 heteroatoms. The van der Waals surface area contributed by atoms with E-state index in [1.807, 2.05) is 31.2 Å². The summed E-state index contributed by atoms with van der Waals surface area (Å²) >= 11 is 1.74. The van der Waals surface area contributed by atoms with Crippen LogP contribution in [0.15, 0.2) is 29.6 Å². The Morgan fingerprint density at radius 1 is 1.37 bits per heavy atom. The SMILES string of the molecule is CCNC(=O)c1ccc(-c2csc(C3CC3)n2)cc1. The molecule has 1 saturated carbocycles. The van der Waals surface area contributed by atoms with E-state index in [1.54, 1.807) is 11.3 Å². The van der Waals surface area contributed by atoms with Crippen molar-refractivity contribution in [2.45, 2.75) is 25.7 Å². The van der Waals surface area contributed by atoms with Crippen molar-refractivity contribution in [3.05, 3.63) is 40.2 Å². The van der Waals surface area contributed by atoms with E-state index < -0.39 is 0 Å². The molecule has 1 aromatic heterocycles. The van der Waals surface area contributed by atoms with Crippen molar-refractivity contribution in [1.29, 1.82) is 0 Å². The fraction of sp³-hybridized carbons (Fsp3) is 0.333. The van der Waals surface area contributed by atoms with Gasteiger partial charge in [0.1, 0.15) is 0 Å². The number of hydrogen-bond acceptors (Lipinski definition) is 3. The average molecular weight is 272 g/mol. The number of benzene rings is 1. The summed E-state index contributed by atoms with van der Waals surface area (Å²) in [7, 11) is 0. The van der Waals surface area contributed by atoms with Gasteiger partial charge in [-0.3, -0.25) is 4.79 Å². The Hall–Kier alpha value is -1.68. The lowest BCUT2D eigenvalue weighted by molar-refractivity contribution is 0.0956. The van der Waals surface area contributed by atoms with E-state index in [0.717, 1.165) is 11.3 Å². The zero-order valence-corrected chi connectivity index (χ0v) is 11.7. The molecule has 0 saturated heterocycles. The number of carbonyl (C=O) groups is 1. The van der Waals surface area contributed by atoms with E-state index in [-0.39, 0.29) is 5.91 Å². The normalized spacial score (nSPS) is 14.4. The lowest BCUT2D eigenvalue weighted by atomic mass is 10.1. The maximum atomic E-state index is 11.7. The Labute approximate surface area is 116 Å². The summed E-state index contributed by atoms with van der Waals surface area (Å²) in [6.45, 7) is 2.57. The first kappa shape index (κ1) is 12.4. The first-order valence-electron chi connectivity index (χ1n) is 6.62. The van der Waals surface area contributed by atoms with E-state index in [9.17, 15) is 4.79 Å². The summed E-state index contributed by atoms with van der Waals surface area (Å²) in [6.07, 6.45) is 2.56. The van der Waals surface area contributed by atoms with Crippen molar-refractivity contribution in [2.75, 3.05) is 6.54 Å². The minimum absolute atomic E-state index is 0.0222. The van der Waals surface area contributed by atoms with E-state index in [1.165, 1.54) is 17.8 Å². The standard InChI is InChI=1S/C15H16N2OS/c1-2-16-14(18)11-5-3-10(4-6-11)13-9-19-15(17-13)12-7-8-12/h3-6,9,12H,2,7-8H2,1H3,(H,16,18). The number of hydrogen-bond donors (Lipinski definition) is 1. The van der Waals surface area contributed by atoms with Crippen LogP contribution in [0.25, 0.3) is 11.3 Å². The molecule has 3 rings (SSSR count). The van der Waals surface area contributed by atoms with Gasteiger partial charge in [0, 0.05) is 29.0 Å². The highest BCUT2D eigenvalue weighted by Gasteiger charge is 2.26. The molecule has 1 aromatic carbocycles. The molecule has 1 heterocycles. The Kier molecular flexibility index (Phi) is 3.34. The molecular weight excluding hydrogens is 256 g/mol. The number of rotatable bonds is 4. The largest absolute Gasteiger partial charge is 0.352 e. The van der Waals surface area contributed by atoms with Gasteiger partial charge in [0.05, 0.1) is 10.7 Å². The van der Waals surface area contributed by atoms with Gasteiger partial charge in [-0.05, 0) is 31.9 Å². The van der Waals surface area contributed by atoms with Crippen LogP contribution < -0.4 is 5.32 Å². The van der Waals surface area contributed by atoms with Crippen molar-refractivity contribution in [1.82, 2.24) is 10.3 Å². The number of nitrogens with one attached hydrogen (secondary N) is 1. The fourth-order valence-corrected chi connectivity index (χ4v) is 2.99. The molecule has 0 aliphatic heterocycles. The Bertz CT molecular complexity index is 584. The smallest absolute Gasteiger partial charge is 0.251 e. The zero-order valence-electron chi connectivity index (χ0n) is 10.8. The van der Waals surface area contributed by atoms with Crippen LogP contribution in [0.2, 0.25) is 0 Å². The van der Waals surface area contributed by atoms with Gasteiger partial charge < -0.3 is 5.32 Å². The second kappa shape index (κ2) is 5.13. The number of amides is 1. The quantitative estimate of drug-likeness (QED) is 0.926. The highest BCUT2D eigenvalue weighted by atomic mass is 32.1. The zero-order chi connectivity index (χ0) is 13.2. The Morgan fingerprint density at radius 3 is 2.74 bits per heavy atom. The number of nitrogens with zero attached hydrogens (tertiary/aromatic N) is 1. The van der Waals surface area contributed by atoms with Gasteiger partial charge in [0.15, 0.2) is 0 Å². The molecule has 1 fully saturated rings. The number of thiazole rings is 1. The predicted octanol–water partition coefficient (Wildman–Crippen LogP) is 3.44. The van der Waals surface area contributed by atoms with Crippen molar-refractivity contribution < 1.29 is 4.79 Å². The number of aromatic nitrogens is 1. The average Bonchev–Trinajstić information content (AvgIpc) is 3.17. The molecule has 19 heavy (non-hydrogen) atoms. The maximum absolute atomic E-state index is 11.7. The van der Waals surface area contributed by atoms with Gasteiger partial charge in [0.25, 0.3) is 5.91 Å². The Morgan fingerprint density at radius 2 is 2.11 bits per heavy atom. The predicted molar refractivity (Wildman–Crippen MR) is 77.5 cm³/mol. The van der Waals surface area contributed by atoms with Gasteiger partial charge in [-0.2, -0.15) is 0 Å². The fourth-order valence-electron chi connectivity index (χ4n) is 1.99. The van der Waals surface area contributed by atoms with Gasteiger partial charge in [-0.15, -0.1) is 11.3 Å². The van der Waals surface area contributed by atoms with E-state index in [2.05, 4.69) is 15.7 Å². The summed E-state index contributed by atoms with van der Waals surface area (Å²) in [5.41, 5.74) is 2.80. The summed E-state index contributed by atoms with van der Waals surface area (Å²) in [4.78, 5) is 16.3. The summed E-state index contributed by atoms with van der Waals surface area (Å²) in [6, 6.07) is 7.65. The second-order valence-corrected chi connectivity index (χ2v) is 5.67. The van der Waals surface area contributed by atoms with Gasteiger partial charge in [-0.1, -0.05) is 12.1 Å². The molecule has 0 atom stereocenters. The highest BCUT2D eigenvalue weighted by Crippen LogP contribution is 2.42. The monoisotopic (exact) mass is 272 g/mol. The summed E-state index contributed by atoms with van der Waals surface area (Å²) < 4.78 is 0. The Balaban J connectivity index is 1.79. The van der Waals surface area contributed by atoms with E-state index >= 15 is 0 Å². The topological polar surface area (TPSA) is 42.0 Å². The first-order chi connectivity index (χ1) is 9.28. The number of carbonyl (C=O) groups excluding carboxylic acids is 1. The van der Waals surface area contributed by atoms with Crippen LogP contribution in [-0.2, 0) is 0 Å². The third kappa shape index (κ3) is 2.68. The van der Waals surface area contributed by atoms with Crippen molar-refractivity contribution in [2.24, 2.45) is 0 Å². The molecule has 1 amide bonds. The molecule has 0 radical (unpaired) electrons. The second-order valence-electron chi connectivity index (χ2n) is 4.78. The molecular formula is C15H16N2OS. The van der Waals surface area contributed by atoms with Crippen LogP contribution in [0.1, 0.15) is 41.0 Å². The maximum Gasteiger partial charge on any atom is 0.251 e. The van der Waals surface area contributed by atoms with Crippen molar-refractivity contribution in [3.63, 3.8) is 0 Å². The van der Waals surface area contributed by atoms with Crippen molar-refractivity contribution in [3.8, 4) is 11.3 Å². The molecule has 0 spiro atoms. The van der Waals surface area contributed by atoms with Crippen LogP contribution >= 0.6 is 11.3 Å². The third-order valence-corrected chi connectivity index (χ3v) is 4.24. The summed E-state index contributed by atoms with van der Waals surface area (Å²) in [5, 5.41) is 6.15. The van der Waals surface area contributed by atoms with Crippen molar-refractivity contribution >= 4 is 17.2 Å². The molecule has 98 valence electrons. The molecule has 0 unspecified atom stereocenters. The molecule has 0 bridgehead atoms. The first-order valence-corrected chi connectivity index (χ1v) is 7.50. The minimum atomic E-state index is -0.0222. The molecule has 2 aromatic rings. The van der Waals surface area contributed by atoms with Gasteiger partial charge in [0.2, 0.25) is 0 Å². The van der Waals surface area contributed by atoms with Gasteiger partial charge in [-0.25, -0.2) is 4.98 Å². The van der Waals surface area contributed by atoms with Crippen LogP contribution in [0, 0.1) is 0 Å². The van der Waals surface area contributed by atoms with Crippen LogP contribution in [-0.4, -0.2) is 17.4 Å². The molecule has 1 N–H and O–H groups in total. The van der Waals surface area contributed by atoms with E-state index in [4.69, 9.17) is 0 Å². The molecule has 3 nitrogen and oxygen atoms in total. The minimum Gasteiger partial charge on any atom is -0.352 e. The molecule has 1 aliphatic carbocycles. The summed E-state index contributed by atoms with van der Waals surface area (Å²) in [5.74, 6) is 0.680. The van der Waals surface area contributed by atoms with Crippen LogP contribution in [0.4, 0.5) is 0 Å². The van der Waals surface area contributed by atoms with Gasteiger partial charge >= 0.3 is 0 Å². The lowest BCUT2D eigenvalue weighted by Gasteiger charge is -2.02.